The molecule has 106 valence electrons. The monoisotopic (exact) mass is 298 g/mol. The molecule has 0 spiro atoms. The summed E-state index contributed by atoms with van der Waals surface area (Å²) in [6, 6.07) is 9.80. The summed E-state index contributed by atoms with van der Waals surface area (Å²) < 4.78 is 31.7. The summed E-state index contributed by atoms with van der Waals surface area (Å²) in [7, 11) is 0. The topological polar surface area (TPSA) is 29.5 Å². The molecule has 20 heavy (non-hydrogen) atoms. The van der Waals surface area contributed by atoms with Crippen molar-refractivity contribution >= 4 is 11.6 Å². The molecule has 2 aromatic rings. The molecule has 0 saturated heterocycles. The summed E-state index contributed by atoms with van der Waals surface area (Å²) in [6.45, 7) is -0.0163. The zero-order chi connectivity index (χ0) is 14.5. The lowest BCUT2D eigenvalue weighted by Crippen LogP contribution is -2.20. The Morgan fingerprint density at radius 3 is 2.50 bits per heavy atom. The fourth-order valence-corrected chi connectivity index (χ4v) is 1.86. The Hall–Kier alpha value is -1.65. The van der Waals surface area contributed by atoms with E-state index >= 15 is 0 Å². The van der Waals surface area contributed by atoms with Crippen LogP contribution in [0.25, 0.3) is 0 Å². The van der Waals surface area contributed by atoms with Crippen molar-refractivity contribution in [2.75, 3.05) is 6.61 Å². The largest absolute Gasteiger partial charge is 0.491 e. The second kappa shape index (κ2) is 6.68. The van der Waals surface area contributed by atoms with E-state index in [1.54, 1.807) is 24.3 Å². The SMILES string of the molecule is OC(COc1ccc(Cl)cc1)Cc1cc(F)ccc1F. The molecule has 0 heterocycles. The summed E-state index contributed by atoms with van der Waals surface area (Å²) >= 11 is 5.73. The fourth-order valence-electron chi connectivity index (χ4n) is 1.74. The molecule has 0 bridgehead atoms. The van der Waals surface area contributed by atoms with Crippen LogP contribution in [0.2, 0.25) is 5.02 Å². The highest BCUT2D eigenvalue weighted by Crippen LogP contribution is 2.17. The number of aliphatic hydroxyl groups is 1. The Morgan fingerprint density at radius 1 is 1.10 bits per heavy atom. The van der Waals surface area contributed by atoms with E-state index in [1.807, 2.05) is 0 Å². The standard InChI is InChI=1S/C15H13ClF2O2/c16-11-1-4-14(5-2-11)20-9-13(19)8-10-7-12(17)3-6-15(10)18/h1-7,13,19H,8-9H2. The number of rotatable bonds is 5. The molecule has 1 unspecified atom stereocenters. The Kier molecular flexibility index (Phi) is 4.93. The Bertz CT molecular complexity index is 573. The van der Waals surface area contributed by atoms with E-state index in [0.29, 0.717) is 10.8 Å². The van der Waals surface area contributed by atoms with Crippen LogP contribution in [0.1, 0.15) is 5.56 Å². The van der Waals surface area contributed by atoms with Gasteiger partial charge in [-0.3, -0.25) is 0 Å². The van der Waals surface area contributed by atoms with E-state index in [4.69, 9.17) is 16.3 Å². The first-order valence-electron chi connectivity index (χ1n) is 6.05. The minimum Gasteiger partial charge on any atom is -0.491 e. The normalized spacial score (nSPS) is 12.2. The lowest BCUT2D eigenvalue weighted by molar-refractivity contribution is 0.107. The second-order valence-corrected chi connectivity index (χ2v) is 4.80. The minimum absolute atomic E-state index is 0.0163. The van der Waals surface area contributed by atoms with E-state index in [1.165, 1.54) is 0 Å². The van der Waals surface area contributed by atoms with Crippen LogP contribution in [-0.4, -0.2) is 17.8 Å². The summed E-state index contributed by atoms with van der Waals surface area (Å²) in [4.78, 5) is 0. The first-order chi connectivity index (χ1) is 9.54. The molecule has 2 rings (SSSR count). The highest BCUT2D eigenvalue weighted by atomic mass is 35.5. The van der Waals surface area contributed by atoms with Gasteiger partial charge in [0.2, 0.25) is 0 Å². The molecule has 0 amide bonds. The lowest BCUT2D eigenvalue weighted by atomic mass is 10.1. The van der Waals surface area contributed by atoms with Gasteiger partial charge < -0.3 is 9.84 Å². The molecule has 0 aliphatic heterocycles. The van der Waals surface area contributed by atoms with Crippen LogP contribution in [0.15, 0.2) is 42.5 Å². The van der Waals surface area contributed by atoms with Gasteiger partial charge in [-0.15, -0.1) is 0 Å². The molecule has 2 nitrogen and oxygen atoms in total. The van der Waals surface area contributed by atoms with Gasteiger partial charge in [-0.2, -0.15) is 0 Å². The van der Waals surface area contributed by atoms with Gasteiger partial charge >= 0.3 is 0 Å². The van der Waals surface area contributed by atoms with Crippen LogP contribution >= 0.6 is 11.6 Å². The zero-order valence-electron chi connectivity index (χ0n) is 10.5. The van der Waals surface area contributed by atoms with Gasteiger partial charge in [0.25, 0.3) is 0 Å². The highest BCUT2D eigenvalue weighted by molar-refractivity contribution is 6.30. The molecule has 1 N–H and O–H groups in total. The van der Waals surface area contributed by atoms with Gasteiger partial charge in [-0.1, -0.05) is 11.6 Å². The molecule has 5 heteroatoms. The van der Waals surface area contributed by atoms with Crippen molar-refractivity contribution in [2.24, 2.45) is 0 Å². The fraction of sp³-hybridized carbons (Fsp3) is 0.200. The Labute approximate surface area is 120 Å². The van der Waals surface area contributed by atoms with Crippen LogP contribution in [0.5, 0.6) is 5.75 Å². The molecule has 0 aliphatic rings. The van der Waals surface area contributed by atoms with Gasteiger partial charge in [0.05, 0.1) is 6.10 Å². The summed E-state index contributed by atoms with van der Waals surface area (Å²) in [6.07, 6.45) is -0.945. The quantitative estimate of drug-likeness (QED) is 0.914. The van der Waals surface area contributed by atoms with Gasteiger partial charge in [0.15, 0.2) is 0 Å². The van der Waals surface area contributed by atoms with Crippen LogP contribution in [0.3, 0.4) is 0 Å². The van der Waals surface area contributed by atoms with Crippen molar-refractivity contribution < 1.29 is 18.6 Å². The van der Waals surface area contributed by atoms with Gasteiger partial charge in [-0.05, 0) is 48.0 Å². The predicted molar refractivity (Wildman–Crippen MR) is 73.0 cm³/mol. The van der Waals surface area contributed by atoms with Gasteiger partial charge in [0, 0.05) is 11.4 Å². The maximum absolute atomic E-state index is 13.4. The van der Waals surface area contributed by atoms with E-state index < -0.39 is 17.7 Å². The van der Waals surface area contributed by atoms with Crippen molar-refractivity contribution in [1.82, 2.24) is 0 Å². The number of halogens is 3. The molecule has 0 radical (unpaired) electrons. The van der Waals surface area contributed by atoms with E-state index in [9.17, 15) is 13.9 Å². The number of hydrogen-bond acceptors (Lipinski definition) is 2. The zero-order valence-corrected chi connectivity index (χ0v) is 11.3. The number of ether oxygens (including phenoxy) is 1. The highest BCUT2D eigenvalue weighted by Gasteiger charge is 2.11. The van der Waals surface area contributed by atoms with Crippen LogP contribution in [-0.2, 0) is 6.42 Å². The molecule has 0 fully saturated rings. The molecule has 0 aliphatic carbocycles. The second-order valence-electron chi connectivity index (χ2n) is 4.36. The van der Waals surface area contributed by atoms with Gasteiger partial charge in [0.1, 0.15) is 24.0 Å². The molecule has 1 atom stereocenters. The van der Waals surface area contributed by atoms with E-state index in [0.717, 1.165) is 18.2 Å². The maximum Gasteiger partial charge on any atom is 0.126 e. The number of aliphatic hydroxyl groups excluding tert-OH is 1. The third-order valence-electron chi connectivity index (χ3n) is 2.72. The van der Waals surface area contributed by atoms with E-state index in [2.05, 4.69) is 0 Å². The summed E-state index contributed by atoms with van der Waals surface area (Å²) in [5.74, 6) is -0.530. The first-order valence-corrected chi connectivity index (χ1v) is 6.43. The Balaban J connectivity index is 1.90. The summed E-state index contributed by atoms with van der Waals surface area (Å²) in [5, 5.41) is 10.4. The first kappa shape index (κ1) is 14.8. The smallest absolute Gasteiger partial charge is 0.126 e. The predicted octanol–water partition coefficient (Wildman–Crippen LogP) is 3.60. The van der Waals surface area contributed by atoms with Gasteiger partial charge in [-0.25, -0.2) is 8.78 Å². The van der Waals surface area contributed by atoms with Crippen molar-refractivity contribution in [2.45, 2.75) is 12.5 Å². The third-order valence-corrected chi connectivity index (χ3v) is 2.97. The molecular formula is C15H13ClF2O2. The molecular weight excluding hydrogens is 286 g/mol. The molecule has 0 saturated carbocycles. The Morgan fingerprint density at radius 2 is 1.80 bits per heavy atom. The van der Waals surface area contributed by atoms with Crippen molar-refractivity contribution in [3.63, 3.8) is 0 Å². The van der Waals surface area contributed by atoms with E-state index in [-0.39, 0.29) is 18.6 Å². The number of hydrogen-bond donors (Lipinski definition) is 1. The summed E-state index contributed by atoms with van der Waals surface area (Å²) in [5.41, 5.74) is 0.122. The van der Waals surface area contributed by atoms with Crippen molar-refractivity contribution in [3.8, 4) is 5.75 Å². The van der Waals surface area contributed by atoms with Crippen LogP contribution in [0.4, 0.5) is 8.78 Å². The maximum atomic E-state index is 13.4. The van der Waals surface area contributed by atoms with Crippen LogP contribution < -0.4 is 4.74 Å². The third kappa shape index (κ3) is 4.18. The molecule has 2 aromatic carbocycles. The van der Waals surface area contributed by atoms with Crippen molar-refractivity contribution in [3.05, 3.63) is 64.7 Å². The van der Waals surface area contributed by atoms with Crippen LogP contribution in [0, 0.1) is 11.6 Å². The lowest BCUT2D eigenvalue weighted by Gasteiger charge is -2.13. The van der Waals surface area contributed by atoms with Crippen molar-refractivity contribution in [1.29, 1.82) is 0 Å². The molecule has 0 aromatic heterocycles. The average molecular weight is 299 g/mol. The minimum atomic E-state index is -0.929. The number of benzene rings is 2. The average Bonchev–Trinajstić information content (AvgIpc) is 2.42.